The first kappa shape index (κ1) is 14.2. The van der Waals surface area contributed by atoms with Crippen LogP contribution in [0.25, 0.3) is 0 Å². The molecule has 1 heterocycles. The summed E-state index contributed by atoms with van der Waals surface area (Å²) < 4.78 is 5.45. The first-order valence-corrected chi connectivity index (χ1v) is 6.92. The Morgan fingerprint density at radius 2 is 1.90 bits per heavy atom. The molecule has 106 valence electrons. The second kappa shape index (κ2) is 6.80. The third kappa shape index (κ3) is 3.41. The Bertz CT molecular complexity index is 557. The fourth-order valence-corrected chi connectivity index (χ4v) is 2.05. The number of anilines is 2. The van der Waals surface area contributed by atoms with Crippen molar-refractivity contribution < 1.29 is 4.74 Å². The average molecular weight is 271 g/mol. The number of rotatable bonds is 6. The Morgan fingerprint density at radius 3 is 2.60 bits per heavy atom. The van der Waals surface area contributed by atoms with Gasteiger partial charge in [-0.05, 0) is 31.5 Å². The quantitative estimate of drug-likeness (QED) is 0.820. The van der Waals surface area contributed by atoms with Crippen LogP contribution in [-0.4, -0.2) is 18.1 Å². The lowest BCUT2D eigenvalue weighted by molar-refractivity contribution is 0.327. The van der Waals surface area contributed by atoms with E-state index in [0.717, 1.165) is 30.2 Å². The highest BCUT2D eigenvalue weighted by Gasteiger charge is 2.09. The van der Waals surface area contributed by atoms with Crippen LogP contribution in [0.15, 0.2) is 42.5 Å². The second-order valence-electron chi connectivity index (χ2n) is 4.48. The first-order chi connectivity index (χ1) is 9.74. The maximum Gasteiger partial charge on any atom is 0.215 e. The minimum atomic E-state index is 0.619. The number of benzene rings is 1. The molecule has 0 aliphatic heterocycles. The molecule has 0 saturated heterocycles. The predicted molar refractivity (Wildman–Crippen MR) is 83.0 cm³/mol. The molecule has 0 spiro atoms. The molecule has 4 heteroatoms. The largest absolute Gasteiger partial charge is 0.478 e. The van der Waals surface area contributed by atoms with Gasteiger partial charge in [0.1, 0.15) is 5.82 Å². The van der Waals surface area contributed by atoms with E-state index in [9.17, 15) is 0 Å². The Labute approximate surface area is 120 Å². The molecule has 20 heavy (non-hydrogen) atoms. The van der Waals surface area contributed by atoms with E-state index < -0.39 is 0 Å². The molecule has 4 nitrogen and oxygen atoms in total. The monoisotopic (exact) mass is 271 g/mol. The minimum absolute atomic E-state index is 0.619. The molecule has 1 aromatic heterocycles. The highest BCUT2D eigenvalue weighted by molar-refractivity contribution is 5.50. The van der Waals surface area contributed by atoms with E-state index in [1.807, 2.05) is 49.4 Å². The van der Waals surface area contributed by atoms with Crippen molar-refractivity contribution >= 4 is 11.5 Å². The summed E-state index contributed by atoms with van der Waals surface area (Å²) in [6.45, 7) is 6.28. The summed E-state index contributed by atoms with van der Waals surface area (Å²) in [5, 5.41) is 0. The maximum absolute atomic E-state index is 6.01. The van der Waals surface area contributed by atoms with Gasteiger partial charge < -0.3 is 15.4 Å². The Morgan fingerprint density at radius 1 is 1.10 bits per heavy atom. The van der Waals surface area contributed by atoms with Crippen molar-refractivity contribution in [2.24, 2.45) is 0 Å². The van der Waals surface area contributed by atoms with Gasteiger partial charge in [0.2, 0.25) is 5.88 Å². The molecule has 1 aromatic carbocycles. The van der Waals surface area contributed by atoms with E-state index in [2.05, 4.69) is 16.8 Å². The second-order valence-corrected chi connectivity index (χ2v) is 4.48. The van der Waals surface area contributed by atoms with E-state index in [1.165, 1.54) is 0 Å². The van der Waals surface area contributed by atoms with Crippen molar-refractivity contribution in [1.29, 1.82) is 0 Å². The summed E-state index contributed by atoms with van der Waals surface area (Å²) in [7, 11) is 0. The number of aromatic nitrogens is 1. The molecular weight excluding hydrogens is 250 g/mol. The fraction of sp³-hybridized carbons (Fsp3) is 0.312. The molecule has 0 bridgehead atoms. The molecule has 0 amide bonds. The van der Waals surface area contributed by atoms with Crippen molar-refractivity contribution in [3.05, 3.63) is 48.0 Å². The van der Waals surface area contributed by atoms with Crippen LogP contribution in [0.4, 0.5) is 11.5 Å². The normalized spacial score (nSPS) is 10.3. The standard InChI is InChI=1S/C16H21N3O/c1-3-19(12-13-8-5-6-9-14(13)17)15-10-7-11-16(18-15)20-4-2/h5-11H,3-4,12,17H2,1-2H3. The number of nitrogens with zero attached hydrogens (tertiary/aromatic N) is 2. The number of para-hydroxylation sites is 1. The molecular formula is C16H21N3O. The Hall–Kier alpha value is -2.23. The molecule has 0 aliphatic carbocycles. The van der Waals surface area contributed by atoms with Gasteiger partial charge in [-0.25, -0.2) is 0 Å². The molecule has 2 N–H and O–H groups in total. The van der Waals surface area contributed by atoms with E-state index in [1.54, 1.807) is 0 Å². The summed E-state index contributed by atoms with van der Waals surface area (Å²) in [6.07, 6.45) is 0. The SMILES string of the molecule is CCOc1cccc(N(CC)Cc2ccccc2N)n1. The third-order valence-corrected chi connectivity index (χ3v) is 3.12. The summed E-state index contributed by atoms with van der Waals surface area (Å²) in [6, 6.07) is 13.7. The molecule has 0 fully saturated rings. The van der Waals surface area contributed by atoms with Crippen LogP contribution in [-0.2, 0) is 6.54 Å². The summed E-state index contributed by atoms with van der Waals surface area (Å²) >= 11 is 0. The van der Waals surface area contributed by atoms with Crippen LogP contribution in [0.3, 0.4) is 0 Å². The van der Waals surface area contributed by atoms with Gasteiger partial charge in [0.05, 0.1) is 6.61 Å². The third-order valence-electron chi connectivity index (χ3n) is 3.12. The number of hydrogen-bond donors (Lipinski definition) is 1. The number of nitrogens with two attached hydrogens (primary N) is 1. The van der Waals surface area contributed by atoms with Gasteiger partial charge in [-0.3, -0.25) is 0 Å². The van der Waals surface area contributed by atoms with Gasteiger partial charge in [-0.1, -0.05) is 24.3 Å². The zero-order valence-electron chi connectivity index (χ0n) is 12.0. The number of hydrogen-bond acceptors (Lipinski definition) is 4. The van der Waals surface area contributed by atoms with Gasteiger partial charge in [-0.15, -0.1) is 0 Å². The van der Waals surface area contributed by atoms with Crippen molar-refractivity contribution in [3.8, 4) is 5.88 Å². The Kier molecular flexibility index (Phi) is 4.82. The van der Waals surface area contributed by atoms with Crippen molar-refractivity contribution in [1.82, 2.24) is 4.98 Å². The Balaban J connectivity index is 2.20. The molecule has 0 atom stereocenters. The summed E-state index contributed by atoms with van der Waals surface area (Å²) in [5.41, 5.74) is 7.93. The molecule has 0 saturated carbocycles. The molecule has 2 aromatic rings. The van der Waals surface area contributed by atoms with Crippen molar-refractivity contribution in [3.63, 3.8) is 0 Å². The summed E-state index contributed by atoms with van der Waals surface area (Å²) in [4.78, 5) is 6.70. The lowest BCUT2D eigenvalue weighted by Crippen LogP contribution is -2.23. The van der Waals surface area contributed by atoms with Crippen LogP contribution in [0, 0.1) is 0 Å². The van der Waals surface area contributed by atoms with E-state index >= 15 is 0 Å². The lowest BCUT2D eigenvalue weighted by atomic mass is 10.1. The molecule has 0 radical (unpaired) electrons. The van der Waals surface area contributed by atoms with E-state index in [-0.39, 0.29) is 0 Å². The highest BCUT2D eigenvalue weighted by Crippen LogP contribution is 2.20. The van der Waals surface area contributed by atoms with Gasteiger partial charge in [-0.2, -0.15) is 4.98 Å². The van der Waals surface area contributed by atoms with Crippen molar-refractivity contribution in [2.75, 3.05) is 23.8 Å². The number of ether oxygens (including phenoxy) is 1. The van der Waals surface area contributed by atoms with Gasteiger partial charge >= 0.3 is 0 Å². The predicted octanol–water partition coefficient (Wildman–Crippen LogP) is 3.09. The number of pyridine rings is 1. The topological polar surface area (TPSA) is 51.4 Å². The van der Waals surface area contributed by atoms with Crippen LogP contribution >= 0.6 is 0 Å². The average Bonchev–Trinajstić information content (AvgIpc) is 2.47. The maximum atomic E-state index is 6.01. The molecule has 2 rings (SSSR count). The fourth-order valence-electron chi connectivity index (χ4n) is 2.05. The van der Waals surface area contributed by atoms with E-state index in [0.29, 0.717) is 12.5 Å². The molecule has 0 aliphatic rings. The van der Waals surface area contributed by atoms with Crippen LogP contribution in [0.5, 0.6) is 5.88 Å². The van der Waals surface area contributed by atoms with Crippen LogP contribution < -0.4 is 15.4 Å². The minimum Gasteiger partial charge on any atom is -0.478 e. The zero-order valence-corrected chi connectivity index (χ0v) is 12.0. The molecule has 0 unspecified atom stereocenters. The van der Waals surface area contributed by atoms with Crippen LogP contribution in [0.1, 0.15) is 19.4 Å². The smallest absolute Gasteiger partial charge is 0.215 e. The van der Waals surface area contributed by atoms with Gasteiger partial charge in [0, 0.05) is 24.8 Å². The van der Waals surface area contributed by atoms with Gasteiger partial charge in [0.25, 0.3) is 0 Å². The lowest BCUT2D eigenvalue weighted by Gasteiger charge is -2.23. The highest BCUT2D eigenvalue weighted by atomic mass is 16.5. The first-order valence-electron chi connectivity index (χ1n) is 6.92. The van der Waals surface area contributed by atoms with E-state index in [4.69, 9.17) is 10.5 Å². The zero-order chi connectivity index (χ0) is 14.4. The van der Waals surface area contributed by atoms with Gasteiger partial charge in [0.15, 0.2) is 0 Å². The van der Waals surface area contributed by atoms with Crippen molar-refractivity contribution in [2.45, 2.75) is 20.4 Å². The number of nitrogen functional groups attached to an aromatic ring is 1. The summed E-state index contributed by atoms with van der Waals surface area (Å²) in [5.74, 6) is 1.56. The van der Waals surface area contributed by atoms with Crippen LogP contribution in [0.2, 0.25) is 0 Å².